The molecule has 0 N–H and O–H groups in total. The molecule has 0 bridgehead atoms. The third-order valence-corrected chi connectivity index (χ3v) is 2.08. The SMILES string of the molecule is CN(C/C=C/Cl)c1ccc(C#N)cc1. The van der Waals surface area contributed by atoms with Gasteiger partial charge in [-0.2, -0.15) is 5.26 Å². The highest BCUT2D eigenvalue weighted by Gasteiger charge is 1.97. The van der Waals surface area contributed by atoms with E-state index in [2.05, 4.69) is 6.07 Å². The smallest absolute Gasteiger partial charge is 0.0991 e. The van der Waals surface area contributed by atoms with E-state index in [9.17, 15) is 0 Å². The quantitative estimate of drug-likeness (QED) is 0.761. The zero-order valence-corrected chi connectivity index (χ0v) is 8.70. The molecule has 0 aromatic heterocycles. The molecule has 0 aliphatic heterocycles. The van der Waals surface area contributed by atoms with Crippen LogP contribution in [0, 0.1) is 11.3 Å². The molecule has 2 nitrogen and oxygen atoms in total. The summed E-state index contributed by atoms with van der Waals surface area (Å²) in [6.07, 6.45) is 1.86. The highest BCUT2D eigenvalue weighted by atomic mass is 35.5. The molecule has 0 heterocycles. The van der Waals surface area contributed by atoms with Crippen molar-refractivity contribution >= 4 is 17.3 Å². The van der Waals surface area contributed by atoms with Crippen molar-refractivity contribution in [3.63, 3.8) is 0 Å². The Morgan fingerprint density at radius 1 is 1.43 bits per heavy atom. The molecule has 0 saturated heterocycles. The number of nitriles is 1. The minimum atomic E-state index is 0.676. The van der Waals surface area contributed by atoms with E-state index in [1.165, 1.54) is 5.54 Å². The number of hydrogen-bond acceptors (Lipinski definition) is 2. The second-order valence-corrected chi connectivity index (χ2v) is 3.15. The van der Waals surface area contributed by atoms with Crippen molar-refractivity contribution in [2.24, 2.45) is 0 Å². The van der Waals surface area contributed by atoms with E-state index in [4.69, 9.17) is 16.9 Å². The average molecular weight is 207 g/mol. The molecule has 1 aromatic rings. The fourth-order valence-corrected chi connectivity index (χ4v) is 1.17. The van der Waals surface area contributed by atoms with Crippen LogP contribution in [0.1, 0.15) is 5.56 Å². The maximum Gasteiger partial charge on any atom is 0.0991 e. The molecular formula is C11H11ClN2. The number of likely N-dealkylation sites (N-methyl/N-ethyl adjacent to an activating group) is 1. The van der Waals surface area contributed by atoms with Gasteiger partial charge in [0, 0.05) is 24.8 Å². The van der Waals surface area contributed by atoms with Crippen molar-refractivity contribution in [1.29, 1.82) is 5.26 Å². The predicted molar refractivity (Wildman–Crippen MR) is 59.4 cm³/mol. The van der Waals surface area contributed by atoms with Gasteiger partial charge in [0.1, 0.15) is 0 Å². The standard InChI is InChI=1S/C11H11ClN2/c1-14(8-2-7-12)11-5-3-10(9-13)4-6-11/h2-7H,8H2,1H3/b7-2+. The van der Waals surface area contributed by atoms with Crippen LogP contribution in [0.5, 0.6) is 0 Å². The maximum atomic E-state index is 8.62. The molecule has 1 aromatic carbocycles. The van der Waals surface area contributed by atoms with E-state index >= 15 is 0 Å². The second-order valence-electron chi connectivity index (χ2n) is 2.90. The van der Waals surface area contributed by atoms with Crippen molar-refractivity contribution < 1.29 is 0 Å². The first-order valence-electron chi connectivity index (χ1n) is 4.24. The highest BCUT2D eigenvalue weighted by molar-refractivity contribution is 6.25. The molecule has 0 fully saturated rings. The number of nitrogens with zero attached hydrogens (tertiary/aromatic N) is 2. The predicted octanol–water partition coefficient (Wildman–Crippen LogP) is 2.75. The van der Waals surface area contributed by atoms with Gasteiger partial charge in [-0.3, -0.25) is 0 Å². The lowest BCUT2D eigenvalue weighted by molar-refractivity contribution is 1.03. The molecule has 0 atom stereocenters. The largest absolute Gasteiger partial charge is 0.371 e. The van der Waals surface area contributed by atoms with Crippen LogP contribution in [0.25, 0.3) is 0 Å². The Labute approximate surface area is 89.0 Å². The molecular weight excluding hydrogens is 196 g/mol. The van der Waals surface area contributed by atoms with Gasteiger partial charge in [-0.1, -0.05) is 17.7 Å². The Kier molecular flexibility index (Phi) is 4.03. The van der Waals surface area contributed by atoms with Crippen LogP contribution in [-0.2, 0) is 0 Å². The Morgan fingerprint density at radius 3 is 2.57 bits per heavy atom. The molecule has 0 amide bonds. The van der Waals surface area contributed by atoms with Crippen molar-refractivity contribution in [3.8, 4) is 6.07 Å². The van der Waals surface area contributed by atoms with E-state index in [1.54, 1.807) is 12.1 Å². The van der Waals surface area contributed by atoms with Gasteiger partial charge in [0.25, 0.3) is 0 Å². The first-order chi connectivity index (χ1) is 6.77. The number of hydrogen-bond donors (Lipinski definition) is 0. The first kappa shape index (κ1) is 10.6. The third-order valence-electron chi connectivity index (χ3n) is 1.91. The minimum absolute atomic E-state index is 0.676. The molecule has 0 aliphatic carbocycles. The summed E-state index contributed by atoms with van der Waals surface area (Å²) in [5.41, 5.74) is 3.24. The van der Waals surface area contributed by atoms with E-state index in [1.807, 2.05) is 30.2 Å². The molecule has 3 heteroatoms. The summed E-state index contributed by atoms with van der Waals surface area (Å²) in [6, 6.07) is 9.52. The Hall–Kier alpha value is -1.46. The molecule has 1 rings (SSSR count). The van der Waals surface area contributed by atoms with E-state index < -0.39 is 0 Å². The fourth-order valence-electron chi connectivity index (χ4n) is 1.09. The zero-order chi connectivity index (χ0) is 10.4. The van der Waals surface area contributed by atoms with Gasteiger partial charge in [-0.25, -0.2) is 0 Å². The van der Waals surface area contributed by atoms with Gasteiger partial charge in [-0.05, 0) is 24.3 Å². The summed E-state index contributed by atoms with van der Waals surface area (Å²) in [6.45, 7) is 0.759. The number of halogens is 1. The Morgan fingerprint density at radius 2 is 2.07 bits per heavy atom. The van der Waals surface area contributed by atoms with Gasteiger partial charge in [0.05, 0.1) is 11.6 Å². The lowest BCUT2D eigenvalue weighted by Crippen LogP contribution is -2.16. The van der Waals surface area contributed by atoms with E-state index in [-0.39, 0.29) is 0 Å². The fraction of sp³-hybridized carbons (Fsp3) is 0.182. The number of rotatable bonds is 3. The number of benzene rings is 1. The molecule has 0 saturated carbocycles. The normalized spacial score (nSPS) is 10.1. The summed E-state index contributed by atoms with van der Waals surface area (Å²) in [7, 11) is 1.97. The summed E-state index contributed by atoms with van der Waals surface area (Å²) in [5.74, 6) is 0. The zero-order valence-electron chi connectivity index (χ0n) is 7.94. The van der Waals surface area contributed by atoms with Crippen LogP contribution >= 0.6 is 11.6 Å². The number of anilines is 1. The van der Waals surface area contributed by atoms with Crippen molar-refractivity contribution in [1.82, 2.24) is 0 Å². The molecule has 0 unspecified atom stereocenters. The Bertz CT molecular complexity index is 349. The van der Waals surface area contributed by atoms with Gasteiger partial charge >= 0.3 is 0 Å². The molecule has 14 heavy (non-hydrogen) atoms. The summed E-state index contributed by atoms with van der Waals surface area (Å²) >= 11 is 5.43. The lowest BCUT2D eigenvalue weighted by atomic mass is 10.2. The van der Waals surface area contributed by atoms with Crippen LogP contribution < -0.4 is 4.90 Å². The summed E-state index contributed by atoms with van der Waals surface area (Å²) in [4.78, 5) is 2.04. The van der Waals surface area contributed by atoms with Gasteiger partial charge in [-0.15, -0.1) is 0 Å². The maximum absolute atomic E-state index is 8.62. The van der Waals surface area contributed by atoms with E-state index in [0.717, 1.165) is 12.2 Å². The van der Waals surface area contributed by atoms with Crippen LogP contribution in [0.4, 0.5) is 5.69 Å². The summed E-state index contributed by atoms with van der Waals surface area (Å²) in [5, 5.41) is 8.62. The third kappa shape index (κ3) is 2.79. The van der Waals surface area contributed by atoms with Crippen molar-refractivity contribution in [2.75, 3.05) is 18.5 Å². The van der Waals surface area contributed by atoms with E-state index in [0.29, 0.717) is 5.56 Å². The highest BCUT2D eigenvalue weighted by Crippen LogP contribution is 2.12. The van der Waals surface area contributed by atoms with Gasteiger partial charge < -0.3 is 4.90 Å². The van der Waals surface area contributed by atoms with Crippen LogP contribution in [0.2, 0.25) is 0 Å². The molecule has 0 radical (unpaired) electrons. The van der Waals surface area contributed by atoms with Crippen LogP contribution in [0.15, 0.2) is 35.9 Å². The van der Waals surface area contributed by atoms with Gasteiger partial charge in [0.15, 0.2) is 0 Å². The van der Waals surface area contributed by atoms with Crippen molar-refractivity contribution in [3.05, 3.63) is 41.4 Å². The first-order valence-corrected chi connectivity index (χ1v) is 4.68. The minimum Gasteiger partial charge on any atom is -0.371 e. The molecule has 72 valence electrons. The molecule has 0 aliphatic rings. The average Bonchev–Trinajstić information content (AvgIpc) is 2.26. The summed E-state index contributed by atoms with van der Waals surface area (Å²) < 4.78 is 0. The van der Waals surface area contributed by atoms with Gasteiger partial charge in [0.2, 0.25) is 0 Å². The Balaban J connectivity index is 2.72. The monoisotopic (exact) mass is 206 g/mol. The molecule has 0 spiro atoms. The second kappa shape index (κ2) is 5.31. The topological polar surface area (TPSA) is 27.0 Å². The lowest BCUT2D eigenvalue weighted by Gasteiger charge is -2.16. The van der Waals surface area contributed by atoms with Crippen molar-refractivity contribution in [2.45, 2.75) is 0 Å². The van der Waals surface area contributed by atoms with Crippen LogP contribution in [0.3, 0.4) is 0 Å². The van der Waals surface area contributed by atoms with Crippen LogP contribution in [-0.4, -0.2) is 13.6 Å².